The highest BCUT2D eigenvalue weighted by Crippen LogP contribution is 2.22. The summed E-state index contributed by atoms with van der Waals surface area (Å²) in [6.45, 7) is 5.16. The fourth-order valence-corrected chi connectivity index (χ4v) is 4.76. The van der Waals surface area contributed by atoms with Gasteiger partial charge in [0.05, 0.1) is 4.90 Å². The zero-order valence-corrected chi connectivity index (χ0v) is 16.5. The first kappa shape index (κ1) is 18.8. The number of hydrogen-bond acceptors (Lipinski definition) is 4. The summed E-state index contributed by atoms with van der Waals surface area (Å²) in [4.78, 5) is 14.7. The summed E-state index contributed by atoms with van der Waals surface area (Å²) in [5.41, 5.74) is 2.78. The van der Waals surface area contributed by atoms with Crippen molar-refractivity contribution in [2.45, 2.75) is 18.7 Å². The second kappa shape index (κ2) is 7.72. The lowest BCUT2D eigenvalue weighted by Gasteiger charge is -2.27. The number of sulfonamides is 1. The Morgan fingerprint density at radius 1 is 1.04 bits per heavy atom. The van der Waals surface area contributed by atoms with Gasteiger partial charge in [0.25, 0.3) is 15.9 Å². The Morgan fingerprint density at radius 3 is 2.35 bits per heavy atom. The predicted octanol–water partition coefficient (Wildman–Crippen LogP) is 3.29. The molecule has 5 nitrogen and oxygen atoms in total. The summed E-state index contributed by atoms with van der Waals surface area (Å²) in [5.74, 6) is 1.73. The molecule has 1 N–H and O–H groups in total. The average molecular weight is 391 g/mol. The van der Waals surface area contributed by atoms with Crippen molar-refractivity contribution in [3.63, 3.8) is 0 Å². The molecule has 138 valence electrons. The minimum atomic E-state index is -3.75. The van der Waals surface area contributed by atoms with E-state index >= 15 is 0 Å². The molecule has 1 saturated heterocycles. The van der Waals surface area contributed by atoms with Crippen molar-refractivity contribution in [3.05, 3.63) is 59.2 Å². The Bertz CT molecular complexity index is 903. The SMILES string of the molecule is Cc1ccc(NS(=O)(=O)c2ccc(C)c(C(=O)N3CCSCC3)c2)cc1. The zero-order chi connectivity index (χ0) is 18.7. The predicted molar refractivity (Wildman–Crippen MR) is 106 cm³/mol. The lowest BCUT2D eigenvalue weighted by molar-refractivity contribution is 0.0771. The van der Waals surface area contributed by atoms with Crippen LogP contribution in [0.1, 0.15) is 21.5 Å². The maximum Gasteiger partial charge on any atom is 0.261 e. The summed E-state index contributed by atoms with van der Waals surface area (Å²) in [5, 5.41) is 0. The molecule has 0 unspecified atom stereocenters. The van der Waals surface area contributed by atoms with Crippen molar-refractivity contribution in [2.24, 2.45) is 0 Å². The summed E-state index contributed by atoms with van der Waals surface area (Å²) in [7, 11) is -3.75. The van der Waals surface area contributed by atoms with Gasteiger partial charge in [-0.15, -0.1) is 0 Å². The molecule has 0 radical (unpaired) electrons. The quantitative estimate of drug-likeness (QED) is 0.870. The largest absolute Gasteiger partial charge is 0.337 e. The van der Waals surface area contributed by atoms with Gasteiger partial charge in [-0.2, -0.15) is 11.8 Å². The van der Waals surface area contributed by atoms with Crippen LogP contribution in [0.25, 0.3) is 0 Å². The molecule has 2 aromatic rings. The van der Waals surface area contributed by atoms with Gasteiger partial charge >= 0.3 is 0 Å². The van der Waals surface area contributed by atoms with Crippen LogP contribution in [0.5, 0.6) is 0 Å². The van der Waals surface area contributed by atoms with Gasteiger partial charge in [0.2, 0.25) is 0 Å². The molecule has 0 bridgehead atoms. The molecule has 0 spiro atoms. The average Bonchev–Trinajstić information content (AvgIpc) is 2.64. The third kappa shape index (κ3) is 4.22. The standard InChI is InChI=1S/C19H22N2O3S2/c1-14-3-6-16(7-4-14)20-26(23,24)17-8-5-15(2)18(13-17)19(22)21-9-11-25-12-10-21/h3-8,13,20H,9-12H2,1-2H3. The van der Waals surface area contributed by atoms with Crippen LogP contribution in [0.15, 0.2) is 47.4 Å². The van der Waals surface area contributed by atoms with Gasteiger partial charge in [-0.3, -0.25) is 9.52 Å². The van der Waals surface area contributed by atoms with Gasteiger partial charge in [0.15, 0.2) is 0 Å². The second-order valence-electron chi connectivity index (χ2n) is 6.35. The van der Waals surface area contributed by atoms with Gasteiger partial charge in [-0.05, 0) is 43.7 Å². The zero-order valence-electron chi connectivity index (χ0n) is 14.9. The molecule has 1 amide bonds. The smallest absolute Gasteiger partial charge is 0.261 e. The number of hydrogen-bond donors (Lipinski definition) is 1. The summed E-state index contributed by atoms with van der Waals surface area (Å²) >= 11 is 1.83. The molecule has 1 heterocycles. The van der Waals surface area contributed by atoms with E-state index in [2.05, 4.69) is 4.72 Å². The molecule has 26 heavy (non-hydrogen) atoms. The van der Waals surface area contributed by atoms with E-state index < -0.39 is 10.0 Å². The van der Waals surface area contributed by atoms with Gasteiger partial charge in [0, 0.05) is 35.8 Å². The molecule has 7 heteroatoms. The third-order valence-electron chi connectivity index (χ3n) is 4.35. The van der Waals surface area contributed by atoms with E-state index in [-0.39, 0.29) is 10.8 Å². The molecule has 0 saturated carbocycles. The van der Waals surface area contributed by atoms with Crippen molar-refractivity contribution in [1.29, 1.82) is 0 Å². The van der Waals surface area contributed by atoms with Gasteiger partial charge in [-0.25, -0.2) is 8.42 Å². The second-order valence-corrected chi connectivity index (χ2v) is 9.26. The van der Waals surface area contributed by atoms with Crippen LogP contribution < -0.4 is 4.72 Å². The number of rotatable bonds is 4. The Morgan fingerprint density at radius 2 is 1.69 bits per heavy atom. The molecular formula is C19H22N2O3S2. The molecule has 1 aliphatic rings. The number of anilines is 1. The molecule has 0 aliphatic carbocycles. The van der Waals surface area contributed by atoms with Crippen molar-refractivity contribution in [2.75, 3.05) is 29.3 Å². The van der Waals surface area contributed by atoms with Crippen LogP contribution in [0.3, 0.4) is 0 Å². The molecule has 0 atom stereocenters. The Balaban J connectivity index is 1.88. The molecule has 1 fully saturated rings. The summed E-state index contributed by atoms with van der Waals surface area (Å²) in [6.07, 6.45) is 0. The highest BCUT2D eigenvalue weighted by Gasteiger charge is 2.23. The molecular weight excluding hydrogens is 368 g/mol. The van der Waals surface area contributed by atoms with Crippen LogP contribution in [0.4, 0.5) is 5.69 Å². The third-order valence-corrected chi connectivity index (χ3v) is 6.67. The topological polar surface area (TPSA) is 66.5 Å². The number of carbonyl (C=O) groups is 1. The van der Waals surface area contributed by atoms with E-state index in [1.807, 2.05) is 37.7 Å². The fraction of sp³-hybridized carbons (Fsp3) is 0.316. The lowest BCUT2D eigenvalue weighted by Crippen LogP contribution is -2.38. The number of thioether (sulfide) groups is 1. The Kier molecular flexibility index (Phi) is 5.58. The maximum absolute atomic E-state index is 12.8. The summed E-state index contributed by atoms with van der Waals surface area (Å²) < 4.78 is 28.0. The Labute approximate surface area is 158 Å². The number of aryl methyl sites for hydroxylation is 2. The fourth-order valence-electron chi connectivity index (χ4n) is 2.77. The first-order chi connectivity index (χ1) is 12.4. The van der Waals surface area contributed by atoms with Crippen molar-refractivity contribution in [3.8, 4) is 0 Å². The summed E-state index contributed by atoms with van der Waals surface area (Å²) in [6, 6.07) is 11.8. The van der Waals surface area contributed by atoms with E-state index in [1.165, 1.54) is 12.1 Å². The van der Waals surface area contributed by atoms with Gasteiger partial charge in [-0.1, -0.05) is 23.8 Å². The number of nitrogens with zero attached hydrogens (tertiary/aromatic N) is 1. The Hall–Kier alpha value is -1.99. The first-order valence-corrected chi connectivity index (χ1v) is 11.1. The van der Waals surface area contributed by atoms with Crippen LogP contribution in [-0.2, 0) is 10.0 Å². The van der Waals surface area contributed by atoms with Crippen molar-refractivity contribution >= 4 is 33.4 Å². The van der Waals surface area contributed by atoms with Crippen LogP contribution in [-0.4, -0.2) is 43.8 Å². The minimum absolute atomic E-state index is 0.0957. The number of nitrogens with one attached hydrogen (secondary N) is 1. The van der Waals surface area contributed by atoms with E-state index in [4.69, 9.17) is 0 Å². The molecule has 0 aromatic heterocycles. The van der Waals surface area contributed by atoms with Crippen molar-refractivity contribution in [1.82, 2.24) is 4.90 Å². The molecule has 2 aromatic carbocycles. The van der Waals surface area contributed by atoms with Crippen LogP contribution in [0, 0.1) is 13.8 Å². The highest BCUT2D eigenvalue weighted by atomic mass is 32.2. The minimum Gasteiger partial charge on any atom is -0.337 e. The van der Waals surface area contributed by atoms with E-state index in [0.29, 0.717) is 24.3 Å². The normalized spacial score (nSPS) is 14.9. The number of benzene rings is 2. The monoisotopic (exact) mass is 390 g/mol. The van der Waals surface area contributed by atoms with Crippen molar-refractivity contribution < 1.29 is 13.2 Å². The van der Waals surface area contributed by atoms with E-state index in [9.17, 15) is 13.2 Å². The number of amides is 1. The highest BCUT2D eigenvalue weighted by molar-refractivity contribution is 7.99. The maximum atomic E-state index is 12.8. The lowest BCUT2D eigenvalue weighted by atomic mass is 10.1. The number of carbonyl (C=O) groups excluding carboxylic acids is 1. The molecule has 1 aliphatic heterocycles. The van der Waals surface area contributed by atoms with Gasteiger partial charge in [0.1, 0.15) is 0 Å². The van der Waals surface area contributed by atoms with E-state index in [1.54, 1.807) is 23.1 Å². The first-order valence-electron chi connectivity index (χ1n) is 8.44. The van der Waals surface area contributed by atoms with Crippen LogP contribution >= 0.6 is 11.8 Å². The molecule has 3 rings (SSSR count). The van der Waals surface area contributed by atoms with Crippen LogP contribution in [0.2, 0.25) is 0 Å². The van der Waals surface area contributed by atoms with Gasteiger partial charge < -0.3 is 4.90 Å². The van der Waals surface area contributed by atoms with E-state index in [0.717, 1.165) is 22.6 Å².